The van der Waals surface area contributed by atoms with E-state index in [2.05, 4.69) is 10.2 Å². The van der Waals surface area contributed by atoms with Gasteiger partial charge >= 0.3 is 0 Å². The molecule has 0 spiro atoms. The molecule has 2 rings (SSSR count). The standard InChI is InChI=1S/C12H14FN3O2/c1-8(17)10-4-3-9(5-11(10)13)18-6-12-15-14-7-16(12)2/h3-5,7-8,17H,6H2,1-2H3. The first-order chi connectivity index (χ1) is 8.58. The Labute approximate surface area is 104 Å². The zero-order valence-electron chi connectivity index (χ0n) is 10.2. The van der Waals surface area contributed by atoms with E-state index >= 15 is 0 Å². The van der Waals surface area contributed by atoms with Crippen molar-refractivity contribution in [1.29, 1.82) is 0 Å². The van der Waals surface area contributed by atoms with Gasteiger partial charge < -0.3 is 14.4 Å². The van der Waals surface area contributed by atoms with Gasteiger partial charge in [-0.05, 0) is 19.1 Å². The van der Waals surface area contributed by atoms with Gasteiger partial charge in [-0.1, -0.05) is 0 Å². The molecule has 0 aliphatic carbocycles. The normalized spacial score (nSPS) is 12.4. The Hall–Kier alpha value is -1.95. The van der Waals surface area contributed by atoms with Crippen molar-refractivity contribution in [2.24, 2.45) is 7.05 Å². The number of halogens is 1. The van der Waals surface area contributed by atoms with Gasteiger partial charge in [-0.15, -0.1) is 10.2 Å². The highest BCUT2D eigenvalue weighted by Gasteiger charge is 2.09. The lowest BCUT2D eigenvalue weighted by atomic mass is 10.1. The van der Waals surface area contributed by atoms with Crippen molar-refractivity contribution < 1.29 is 14.2 Å². The Balaban J connectivity index is 2.07. The molecule has 1 unspecified atom stereocenters. The number of hydrogen-bond acceptors (Lipinski definition) is 4. The average molecular weight is 251 g/mol. The summed E-state index contributed by atoms with van der Waals surface area (Å²) in [5.74, 6) is 0.551. The first kappa shape index (κ1) is 12.5. The predicted octanol–water partition coefficient (Wildman–Crippen LogP) is 1.59. The van der Waals surface area contributed by atoms with Crippen LogP contribution in [0.25, 0.3) is 0 Å². The van der Waals surface area contributed by atoms with Crippen LogP contribution in [-0.2, 0) is 13.7 Å². The SMILES string of the molecule is CC(O)c1ccc(OCc2nncn2C)cc1F. The molecule has 1 aromatic carbocycles. The van der Waals surface area contributed by atoms with E-state index in [9.17, 15) is 9.50 Å². The first-order valence-corrected chi connectivity index (χ1v) is 5.51. The maximum atomic E-state index is 13.6. The summed E-state index contributed by atoms with van der Waals surface area (Å²) in [5, 5.41) is 16.9. The van der Waals surface area contributed by atoms with E-state index < -0.39 is 11.9 Å². The number of aryl methyl sites for hydroxylation is 1. The lowest BCUT2D eigenvalue weighted by Gasteiger charge is -2.09. The van der Waals surface area contributed by atoms with Crippen molar-refractivity contribution in [3.05, 3.63) is 41.7 Å². The Morgan fingerprint density at radius 3 is 2.83 bits per heavy atom. The summed E-state index contributed by atoms with van der Waals surface area (Å²) in [6, 6.07) is 4.37. The van der Waals surface area contributed by atoms with E-state index in [1.54, 1.807) is 24.0 Å². The van der Waals surface area contributed by atoms with Gasteiger partial charge in [-0.25, -0.2) is 4.39 Å². The van der Waals surface area contributed by atoms with Crippen molar-refractivity contribution in [3.8, 4) is 5.75 Å². The van der Waals surface area contributed by atoms with Gasteiger partial charge in [-0.2, -0.15) is 0 Å². The lowest BCUT2D eigenvalue weighted by molar-refractivity contribution is 0.193. The Kier molecular flexibility index (Phi) is 3.57. The van der Waals surface area contributed by atoms with Gasteiger partial charge in [0.25, 0.3) is 0 Å². The molecule has 0 fully saturated rings. The molecule has 0 aliphatic rings. The molecular formula is C12H14FN3O2. The fraction of sp³-hybridized carbons (Fsp3) is 0.333. The topological polar surface area (TPSA) is 60.2 Å². The number of hydrogen-bond donors (Lipinski definition) is 1. The predicted molar refractivity (Wildman–Crippen MR) is 62.4 cm³/mol. The summed E-state index contributed by atoms with van der Waals surface area (Å²) in [7, 11) is 1.80. The Morgan fingerprint density at radius 2 is 2.28 bits per heavy atom. The van der Waals surface area contributed by atoms with Crippen LogP contribution >= 0.6 is 0 Å². The fourth-order valence-corrected chi connectivity index (χ4v) is 1.52. The number of ether oxygens (including phenoxy) is 1. The second-order valence-electron chi connectivity index (χ2n) is 4.01. The zero-order valence-corrected chi connectivity index (χ0v) is 10.2. The van der Waals surface area contributed by atoms with Crippen molar-refractivity contribution in [2.75, 3.05) is 0 Å². The first-order valence-electron chi connectivity index (χ1n) is 5.51. The van der Waals surface area contributed by atoms with Crippen molar-refractivity contribution in [2.45, 2.75) is 19.6 Å². The summed E-state index contributed by atoms with van der Waals surface area (Å²) in [6.07, 6.45) is 0.730. The van der Waals surface area contributed by atoms with Crippen LogP contribution in [0.4, 0.5) is 4.39 Å². The van der Waals surface area contributed by atoms with Gasteiger partial charge in [0.15, 0.2) is 5.82 Å². The van der Waals surface area contributed by atoms with Crippen LogP contribution in [0.2, 0.25) is 0 Å². The van der Waals surface area contributed by atoms with Gasteiger partial charge in [0.2, 0.25) is 0 Å². The minimum absolute atomic E-state index is 0.212. The molecular weight excluding hydrogens is 237 g/mol. The molecule has 0 aliphatic heterocycles. The van der Waals surface area contributed by atoms with Crippen molar-refractivity contribution in [1.82, 2.24) is 14.8 Å². The Morgan fingerprint density at radius 1 is 1.50 bits per heavy atom. The van der Waals surface area contributed by atoms with E-state index in [1.807, 2.05) is 0 Å². The minimum atomic E-state index is -0.835. The number of rotatable bonds is 4. The third kappa shape index (κ3) is 2.65. The molecule has 1 atom stereocenters. The van der Waals surface area contributed by atoms with Crippen molar-refractivity contribution in [3.63, 3.8) is 0 Å². The second kappa shape index (κ2) is 5.14. The average Bonchev–Trinajstić information content (AvgIpc) is 2.72. The molecule has 1 aromatic heterocycles. The molecule has 2 aromatic rings. The second-order valence-corrected chi connectivity index (χ2v) is 4.01. The molecule has 96 valence electrons. The summed E-state index contributed by atoms with van der Waals surface area (Å²) in [4.78, 5) is 0. The van der Waals surface area contributed by atoms with E-state index in [4.69, 9.17) is 4.74 Å². The lowest BCUT2D eigenvalue weighted by Crippen LogP contribution is -2.04. The number of nitrogens with zero attached hydrogens (tertiary/aromatic N) is 3. The third-order valence-corrected chi connectivity index (χ3v) is 2.60. The van der Waals surface area contributed by atoms with Crippen LogP contribution in [0.3, 0.4) is 0 Å². The summed E-state index contributed by atoms with van der Waals surface area (Å²) in [6.45, 7) is 1.72. The molecule has 0 radical (unpaired) electrons. The minimum Gasteiger partial charge on any atom is -0.486 e. The maximum absolute atomic E-state index is 13.6. The number of aliphatic hydroxyl groups excluding tert-OH is 1. The number of aliphatic hydroxyl groups is 1. The molecule has 6 heteroatoms. The van der Waals surface area contributed by atoms with Crippen LogP contribution in [0.1, 0.15) is 24.4 Å². The molecule has 18 heavy (non-hydrogen) atoms. The monoisotopic (exact) mass is 251 g/mol. The van der Waals surface area contributed by atoms with Gasteiger partial charge in [0.05, 0.1) is 6.10 Å². The zero-order chi connectivity index (χ0) is 13.1. The molecule has 1 N–H and O–H groups in total. The summed E-state index contributed by atoms with van der Waals surface area (Å²) in [5.41, 5.74) is 0.251. The van der Waals surface area contributed by atoms with Crippen LogP contribution < -0.4 is 4.74 Å². The number of aromatic nitrogens is 3. The van der Waals surface area contributed by atoms with Gasteiger partial charge in [0, 0.05) is 18.7 Å². The maximum Gasteiger partial charge on any atom is 0.170 e. The highest BCUT2D eigenvalue weighted by molar-refractivity contribution is 5.30. The third-order valence-electron chi connectivity index (χ3n) is 2.60. The van der Waals surface area contributed by atoms with E-state index in [0.717, 1.165) is 0 Å². The smallest absolute Gasteiger partial charge is 0.170 e. The van der Waals surface area contributed by atoms with E-state index in [1.165, 1.54) is 19.1 Å². The number of benzene rings is 1. The Bertz CT molecular complexity index is 540. The quantitative estimate of drug-likeness (QED) is 0.896. The van der Waals surface area contributed by atoms with Crippen LogP contribution in [-0.4, -0.2) is 19.9 Å². The van der Waals surface area contributed by atoms with Crippen LogP contribution in [0.5, 0.6) is 5.75 Å². The van der Waals surface area contributed by atoms with E-state index in [-0.39, 0.29) is 12.2 Å². The molecule has 5 nitrogen and oxygen atoms in total. The summed E-state index contributed by atoms with van der Waals surface area (Å²) < 4.78 is 20.7. The molecule has 0 saturated heterocycles. The highest BCUT2D eigenvalue weighted by Crippen LogP contribution is 2.22. The molecule has 0 amide bonds. The largest absolute Gasteiger partial charge is 0.486 e. The van der Waals surface area contributed by atoms with Crippen molar-refractivity contribution >= 4 is 0 Å². The molecule has 1 heterocycles. The highest BCUT2D eigenvalue weighted by atomic mass is 19.1. The molecule has 0 bridgehead atoms. The summed E-state index contributed by atoms with van der Waals surface area (Å²) >= 11 is 0. The fourth-order valence-electron chi connectivity index (χ4n) is 1.52. The molecule has 0 saturated carbocycles. The van der Waals surface area contributed by atoms with E-state index in [0.29, 0.717) is 11.6 Å². The van der Waals surface area contributed by atoms with Crippen LogP contribution in [0, 0.1) is 5.82 Å². The van der Waals surface area contributed by atoms with Crippen LogP contribution in [0.15, 0.2) is 24.5 Å². The van der Waals surface area contributed by atoms with Gasteiger partial charge in [0.1, 0.15) is 24.5 Å². The van der Waals surface area contributed by atoms with Gasteiger partial charge in [-0.3, -0.25) is 0 Å².